The van der Waals surface area contributed by atoms with Gasteiger partial charge < -0.3 is 64.5 Å². The van der Waals surface area contributed by atoms with Gasteiger partial charge in [0.05, 0.1) is 61.6 Å². The molecule has 6 aromatic rings. The van der Waals surface area contributed by atoms with Gasteiger partial charge in [0.15, 0.2) is 28.4 Å². The van der Waals surface area contributed by atoms with Crippen LogP contribution in [0.5, 0.6) is 17.2 Å². The van der Waals surface area contributed by atoms with E-state index in [0.717, 1.165) is 12.1 Å². The molecule has 2 fully saturated rings. The third-order valence-electron chi connectivity index (χ3n) is 11.9. The number of furan rings is 1. The number of nitrogen functional groups attached to an aromatic ring is 1. The highest BCUT2D eigenvalue weighted by molar-refractivity contribution is 7.89. The van der Waals surface area contributed by atoms with Gasteiger partial charge in [-0.15, -0.1) is 0 Å². The molecule has 0 saturated carbocycles. The number of aryl methyl sites for hydroxylation is 2. The molecule has 0 unspecified atom stereocenters. The fraction of sp³-hybridized carbons (Fsp3) is 0.426. The topological polar surface area (TPSA) is 353 Å². The molecule has 8 rings (SSSR count). The molecule has 2 aliphatic heterocycles. The maximum absolute atomic E-state index is 13.3. The Morgan fingerprint density at radius 3 is 2.07 bits per heavy atom. The van der Waals surface area contributed by atoms with Gasteiger partial charge in [0, 0.05) is 70.9 Å². The summed E-state index contributed by atoms with van der Waals surface area (Å²) < 4.78 is 51.3. The number of H-pyrrole nitrogens is 1. The number of carboxylic acids is 3. The number of ether oxygens (including phenoxy) is 3. The second-order valence-corrected chi connectivity index (χ2v) is 19.0. The highest BCUT2D eigenvalue weighted by Gasteiger charge is 2.41. The van der Waals surface area contributed by atoms with E-state index in [1.54, 1.807) is 68.6 Å². The summed E-state index contributed by atoms with van der Waals surface area (Å²) in [5.41, 5.74) is 5.85. The number of carbonyl (C=O) groups excluding carboxylic acids is 1. The lowest BCUT2D eigenvalue weighted by Crippen LogP contribution is -2.49. The van der Waals surface area contributed by atoms with Gasteiger partial charge in [-0.1, -0.05) is 13.3 Å². The predicted octanol–water partition coefficient (Wildman–Crippen LogP) is 2.15. The number of nitrogens with zero attached hydrogens (tertiary/aromatic N) is 9. The maximum atomic E-state index is 13.3. The van der Waals surface area contributed by atoms with Crippen LogP contribution in [0.1, 0.15) is 49.4 Å². The van der Waals surface area contributed by atoms with Crippen molar-refractivity contribution in [3.63, 3.8) is 0 Å². The first-order valence-corrected chi connectivity index (χ1v) is 24.7. The number of nitrogens with one attached hydrogen (secondary N) is 1. The Kier molecular flexibility index (Phi) is 17.8. The number of rotatable bonds is 16. The quantitative estimate of drug-likeness (QED) is 0.0808. The summed E-state index contributed by atoms with van der Waals surface area (Å²) in [7, 11) is 3.13. The Hall–Kier alpha value is -7.88. The van der Waals surface area contributed by atoms with Crippen molar-refractivity contribution < 1.29 is 66.6 Å². The molecule has 0 radical (unpaired) electrons. The fourth-order valence-electron chi connectivity index (χ4n) is 8.08. The molecule has 7 N–H and O–H groups in total. The largest absolute Gasteiger partial charge is 0.493 e. The minimum absolute atomic E-state index is 0.111. The number of nitrogens with two attached hydrogens (primary N) is 1. The highest BCUT2D eigenvalue weighted by Crippen LogP contribution is 2.35. The first-order chi connectivity index (χ1) is 35.1. The lowest BCUT2D eigenvalue weighted by molar-refractivity contribution is -0.170. The summed E-state index contributed by atoms with van der Waals surface area (Å²) in [6, 6.07) is 11.6. The fourth-order valence-corrected chi connectivity index (χ4v) is 9.53. The molecule has 0 atom stereocenters. The number of piperazine rings is 2. The molecule has 27 heteroatoms. The number of benzene rings is 2. The third kappa shape index (κ3) is 12.6. The molecule has 0 aliphatic carbocycles. The Bertz CT molecular complexity index is 3150. The van der Waals surface area contributed by atoms with E-state index >= 15 is 0 Å². The molecular formula is C47H59N11O15S. The lowest BCUT2D eigenvalue weighted by atomic mass is 9.96. The van der Waals surface area contributed by atoms with Crippen LogP contribution in [0.4, 0.5) is 11.8 Å². The number of methoxy groups -OCH3 is 2. The summed E-state index contributed by atoms with van der Waals surface area (Å²) in [5, 5.41) is 39.0. The third-order valence-corrected chi connectivity index (χ3v) is 13.8. The molecule has 0 bridgehead atoms. The van der Waals surface area contributed by atoms with E-state index in [1.165, 1.54) is 15.3 Å². The van der Waals surface area contributed by atoms with E-state index in [1.807, 2.05) is 25.8 Å². The van der Waals surface area contributed by atoms with Gasteiger partial charge in [-0.3, -0.25) is 23.9 Å². The number of aromatic amines is 1. The average molecular weight is 1050 g/mol. The molecule has 4 aromatic heterocycles. The van der Waals surface area contributed by atoms with Crippen LogP contribution in [-0.4, -0.2) is 182 Å². The molecule has 26 nitrogen and oxygen atoms in total. The summed E-state index contributed by atoms with van der Waals surface area (Å²) in [6.07, 6.45) is 0.754. The van der Waals surface area contributed by atoms with E-state index in [9.17, 15) is 32.4 Å². The minimum Gasteiger partial charge on any atom is -0.493 e. The standard InChI is InChI=1S/C22H30N6O4S.C19H21N5O4.C6H8O7/c1-5-7-17-19-20(27(4)25-17)22(29)24-21(23-19)16-14-15(8-9-18(16)32-6-2)33(30,31)28-12-10-26(3)11-13-28;1-26-15-10-12-13(11-16(15)27-2)21-19(22-17(12)20)24-7-5-23(6-8-24)18(25)14-4-3-9-28-14;7-3(8)1-6(13,5(11)12)2-4(9)10/h8-9,14H,5-7,10-13H2,1-4H3,(H,23,24,29);3-4,9-11H,5-8H2,1-2H3,(H2,20,21,22);13H,1-2H2,(H,7,8)(H,9,10)(H,11,12). The smallest absolute Gasteiger partial charge is 0.336 e. The molecule has 74 heavy (non-hydrogen) atoms. The molecule has 2 aliphatic rings. The molecule has 6 heterocycles. The molecule has 398 valence electrons. The van der Waals surface area contributed by atoms with Gasteiger partial charge in [0.1, 0.15) is 22.9 Å². The van der Waals surface area contributed by atoms with Crippen LogP contribution in [0.15, 0.2) is 62.8 Å². The van der Waals surface area contributed by atoms with Gasteiger partial charge in [0.2, 0.25) is 16.0 Å². The second kappa shape index (κ2) is 23.8. The number of aliphatic hydroxyl groups is 1. The SMILES string of the molecule is CCCc1nn(C)c2c(=O)[nH]c(-c3cc(S(=O)(=O)N4CCN(C)CC4)ccc3OCC)nc12.COc1cc2nc(N3CCN(C(=O)c4ccco4)CC3)nc(N)c2cc1OC.O=C(O)CC(O)(CC(=O)O)C(=O)O. The van der Waals surface area contributed by atoms with Crippen molar-refractivity contribution in [2.24, 2.45) is 7.05 Å². The van der Waals surface area contributed by atoms with E-state index < -0.39 is 46.4 Å². The van der Waals surface area contributed by atoms with Crippen LogP contribution in [0.3, 0.4) is 0 Å². The van der Waals surface area contributed by atoms with Gasteiger partial charge in [-0.2, -0.15) is 14.4 Å². The maximum Gasteiger partial charge on any atom is 0.336 e. The Balaban J connectivity index is 0.000000197. The average Bonchev–Trinajstić information content (AvgIpc) is 4.02. The summed E-state index contributed by atoms with van der Waals surface area (Å²) in [6.45, 7) is 8.78. The van der Waals surface area contributed by atoms with E-state index in [2.05, 4.69) is 25.0 Å². The van der Waals surface area contributed by atoms with Crippen molar-refractivity contribution in [3.8, 4) is 28.6 Å². The van der Waals surface area contributed by atoms with Crippen molar-refractivity contribution >= 4 is 67.5 Å². The first-order valence-electron chi connectivity index (χ1n) is 23.2. The molecule has 1 amide bonds. The van der Waals surface area contributed by atoms with E-state index in [4.69, 9.17) is 49.8 Å². The van der Waals surface area contributed by atoms with Crippen LogP contribution >= 0.6 is 0 Å². The number of amides is 1. The molecule has 2 saturated heterocycles. The van der Waals surface area contributed by atoms with E-state index in [0.29, 0.717) is 128 Å². The number of carbonyl (C=O) groups is 4. The number of hydrogen-bond donors (Lipinski definition) is 6. The van der Waals surface area contributed by atoms with Crippen molar-refractivity contribution in [2.45, 2.75) is 50.0 Å². The van der Waals surface area contributed by atoms with Crippen molar-refractivity contribution in [1.82, 2.24) is 43.8 Å². The van der Waals surface area contributed by atoms with Crippen LogP contribution in [0, 0.1) is 0 Å². The van der Waals surface area contributed by atoms with Gasteiger partial charge in [-0.05, 0) is 56.8 Å². The number of carboxylic acid groups (broad SMARTS) is 3. The van der Waals surface area contributed by atoms with Crippen LogP contribution in [0.2, 0.25) is 0 Å². The minimum atomic E-state index is -3.70. The number of likely N-dealkylation sites (N-methyl/N-ethyl adjacent to an activating group) is 1. The number of hydrogen-bond acceptors (Lipinski definition) is 19. The van der Waals surface area contributed by atoms with Crippen molar-refractivity contribution in [1.29, 1.82) is 0 Å². The highest BCUT2D eigenvalue weighted by atomic mass is 32.2. The molecule has 2 aromatic carbocycles. The second-order valence-electron chi connectivity index (χ2n) is 17.1. The van der Waals surface area contributed by atoms with Crippen molar-refractivity contribution in [2.75, 3.05) is 90.9 Å². The molecule has 0 spiro atoms. The zero-order chi connectivity index (χ0) is 54.1. The number of aliphatic carboxylic acids is 3. The summed E-state index contributed by atoms with van der Waals surface area (Å²) in [4.78, 5) is 78.4. The first kappa shape index (κ1) is 55.4. The van der Waals surface area contributed by atoms with Crippen LogP contribution in [0.25, 0.3) is 33.3 Å². The van der Waals surface area contributed by atoms with Gasteiger partial charge in [0.25, 0.3) is 11.5 Å². The monoisotopic (exact) mass is 1050 g/mol. The number of aromatic nitrogens is 6. The number of anilines is 2. The number of sulfonamides is 1. The van der Waals surface area contributed by atoms with Gasteiger partial charge >= 0.3 is 17.9 Å². The predicted molar refractivity (Wildman–Crippen MR) is 267 cm³/mol. The summed E-state index contributed by atoms with van der Waals surface area (Å²) in [5.74, 6) is -2.01. The normalized spacial score (nSPS) is 14.4. The summed E-state index contributed by atoms with van der Waals surface area (Å²) >= 11 is 0. The lowest BCUT2D eigenvalue weighted by Gasteiger charge is -2.34. The molecular weight excluding hydrogens is 991 g/mol. The van der Waals surface area contributed by atoms with Crippen LogP contribution in [-0.2, 0) is 37.9 Å². The van der Waals surface area contributed by atoms with E-state index in [-0.39, 0.29) is 22.2 Å². The number of fused-ring (bicyclic) bond motifs is 2. The Morgan fingerprint density at radius 2 is 1.50 bits per heavy atom. The Labute approximate surface area is 423 Å². The van der Waals surface area contributed by atoms with Crippen molar-refractivity contribution in [3.05, 3.63) is 70.5 Å². The van der Waals surface area contributed by atoms with Gasteiger partial charge in [-0.25, -0.2) is 23.2 Å². The van der Waals surface area contributed by atoms with Crippen LogP contribution < -0.4 is 30.4 Å². The zero-order valence-electron chi connectivity index (χ0n) is 41.6. The zero-order valence-corrected chi connectivity index (χ0v) is 42.4. The Morgan fingerprint density at radius 1 is 0.851 bits per heavy atom.